The summed E-state index contributed by atoms with van der Waals surface area (Å²) >= 11 is 0. The van der Waals surface area contributed by atoms with Crippen molar-refractivity contribution < 1.29 is 9.15 Å². The molecule has 1 aromatic rings. The van der Waals surface area contributed by atoms with Gasteiger partial charge in [-0.25, -0.2) is 0 Å². The van der Waals surface area contributed by atoms with Gasteiger partial charge in [-0.05, 0) is 37.6 Å². The van der Waals surface area contributed by atoms with Crippen molar-refractivity contribution in [1.29, 1.82) is 0 Å². The second-order valence-corrected chi connectivity index (χ2v) is 5.71. The van der Waals surface area contributed by atoms with Crippen molar-refractivity contribution in [2.24, 2.45) is 5.92 Å². The Labute approximate surface area is 123 Å². The van der Waals surface area contributed by atoms with Gasteiger partial charge in [0.2, 0.25) is 0 Å². The molecular weight excluding hydrogens is 252 g/mol. The Kier molecular flexibility index (Phi) is 7.88. The molecule has 1 N–H and O–H groups in total. The molecule has 1 aromatic heterocycles. The molecule has 0 atom stereocenters. The van der Waals surface area contributed by atoms with Crippen LogP contribution < -0.4 is 5.32 Å². The molecule has 0 radical (unpaired) electrons. The molecule has 0 fully saturated rings. The highest BCUT2D eigenvalue weighted by atomic mass is 16.5. The average Bonchev–Trinajstić information content (AvgIpc) is 2.74. The van der Waals surface area contributed by atoms with E-state index >= 15 is 0 Å². The summed E-state index contributed by atoms with van der Waals surface area (Å²) in [5.74, 6) is 2.76. The first-order valence-electron chi connectivity index (χ1n) is 7.57. The van der Waals surface area contributed by atoms with Crippen LogP contribution in [0.5, 0.6) is 0 Å². The maximum absolute atomic E-state index is 5.96. The van der Waals surface area contributed by atoms with Gasteiger partial charge in [-0.3, -0.25) is 4.90 Å². The highest BCUT2D eigenvalue weighted by Gasteiger charge is 2.11. The van der Waals surface area contributed by atoms with Gasteiger partial charge in [0.05, 0.1) is 19.7 Å². The monoisotopic (exact) mass is 282 g/mol. The standard InChI is InChI=1S/C16H30N2O2/c1-6-18(7-8-19-5)12-15-9-14(4)16(20-15)11-17-10-13(2)3/h9,13,17H,6-8,10-12H2,1-5H3. The van der Waals surface area contributed by atoms with Crippen LogP contribution >= 0.6 is 0 Å². The van der Waals surface area contributed by atoms with E-state index in [2.05, 4.69) is 44.0 Å². The average molecular weight is 282 g/mol. The largest absolute Gasteiger partial charge is 0.463 e. The van der Waals surface area contributed by atoms with E-state index in [1.54, 1.807) is 7.11 Å². The number of furan rings is 1. The van der Waals surface area contributed by atoms with Crippen molar-refractivity contribution in [2.75, 3.05) is 33.4 Å². The first kappa shape index (κ1) is 17.2. The lowest BCUT2D eigenvalue weighted by atomic mass is 10.2. The number of likely N-dealkylation sites (N-methyl/N-ethyl adjacent to an activating group) is 1. The van der Waals surface area contributed by atoms with E-state index in [1.807, 2.05) is 0 Å². The molecule has 116 valence electrons. The topological polar surface area (TPSA) is 37.6 Å². The van der Waals surface area contributed by atoms with Crippen LogP contribution in [0.25, 0.3) is 0 Å². The first-order valence-corrected chi connectivity index (χ1v) is 7.57. The van der Waals surface area contributed by atoms with Gasteiger partial charge in [0.25, 0.3) is 0 Å². The highest BCUT2D eigenvalue weighted by Crippen LogP contribution is 2.16. The summed E-state index contributed by atoms with van der Waals surface area (Å²) in [5, 5.41) is 3.43. The van der Waals surface area contributed by atoms with Crippen LogP contribution in [-0.2, 0) is 17.8 Å². The van der Waals surface area contributed by atoms with E-state index < -0.39 is 0 Å². The maximum atomic E-state index is 5.96. The predicted molar refractivity (Wildman–Crippen MR) is 82.8 cm³/mol. The number of ether oxygens (including phenoxy) is 1. The molecule has 0 spiro atoms. The van der Waals surface area contributed by atoms with Crippen molar-refractivity contribution in [3.8, 4) is 0 Å². The van der Waals surface area contributed by atoms with Crippen molar-refractivity contribution >= 4 is 0 Å². The van der Waals surface area contributed by atoms with Crippen molar-refractivity contribution in [2.45, 2.75) is 40.8 Å². The van der Waals surface area contributed by atoms with Gasteiger partial charge in [0.15, 0.2) is 0 Å². The fourth-order valence-corrected chi connectivity index (χ4v) is 2.11. The van der Waals surface area contributed by atoms with E-state index in [9.17, 15) is 0 Å². The first-order chi connectivity index (χ1) is 9.56. The molecule has 0 aromatic carbocycles. The number of hydrogen-bond donors (Lipinski definition) is 1. The summed E-state index contributed by atoms with van der Waals surface area (Å²) in [7, 11) is 1.74. The molecule has 4 heteroatoms. The number of aryl methyl sites for hydroxylation is 1. The second-order valence-electron chi connectivity index (χ2n) is 5.71. The Bertz CT molecular complexity index is 375. The van der Waals surface area contributed by atoms with E-state index in [1.165, 1.54) is 5.56 Å². The molecule has 0 aliphatic carbocycles. The van der Waals surface area contributed by atoms with Crippen LogP contribution in [-0.4, -0.2) is 38.3 Å². The van der Waals surface area contributed by atoms with E-state index in [0.29, 0.717) is 5.92 Å². The Balaban J connectivity index is 2.50. The summed E-state index contributed by atoms with van der Waals surface area (Å²) in [5.41, 5.74) is 1.24. The summed E-state index contributed by atoms with van der Waals surface area (Å²) in [6.07, 6.45) is 0. The number of nitrogens with zero attached hydrogens (tertiary/aromatic N) is 1. The summed E-state index contributed by atoms with van der Waals surface area (Å²) in [4.78, 5) is 2.33. The molecule has 0 aliphatic rings. The third-order valence-electron chi connectivity index (χ3n) is 3.35. The summed E-state index contributed by atoms with van der Waals surface area (Å²) in [6.45, 7) is 14.1. The quantitative estimate of drug-likeness (QED) is 0.716. The van der Waals surface area contributed by atoms with E-state index in [-0.39, 0.29) is 0 Å². The molecule has 0 saturated heterocycles. The lowest BCUT2D eigenvalue weighted by molar-refractivity contribution is 0.142. The lowest BCUT2D eigenvalue weighted by Gasteiger charge is -2.18. The zero-order valence-corrected chi connectivity index (χ0v) is 13.7. The van der Waals surface area contributed by atoms with Crippen LogP contribution in [0.3, 0.4) is 0 Å². The van der Waals surface area contributed by atoms with Crippen molar-refractivity contribution in [3.05, 3.63) is 23.2 Å². The smallest absolute Gasteiger partial charge is 0.120 e. The van der Waals surface area contributed by atoms with Gasteiger partial charge in [-0.2, -0.15) is 0 Å². The molecule has 0 aliphatic heterocycles. The second kappa shape index (κ2) is 9.16. The molecule has 20 heavy (non-hydrogen) atoms. The van der Waals surface area contributed by atoms with Gasteiger partial charge in [0, 0.05) is 13.7 Å². The number of hydrogen-bond acceptors (Lipinski definition) is 4. The molecular formula is C16H30N2O2. The fraction of sp³-hybridized carbons (Fsp3) is 0.750. The Hall–Kier alpha value is -0.840. The lowest BCUT2D eigenvalue weighted by Crippen LogP contribution is -2.26. The molecule has 1 heterocycles. The SMILES string of the molecule is CCN(CCOC)Cc1cc(C)c(CNCC(C)C)o1. The van der Waals surface area contributed by atoms with E-state index in [0.717, 1.165) is 50.9 Å². The normalized spacial score (nSPS) is 11.8. The van der Waals surface area contributed by atoms with Crippen LogP contribution in [0.15, 0.2) is 10.5 Å². The van der Waals surface area contributed by atoms with Gasteiger partial charge in [-0.1, -0.05) is 20.8 Å². The van der Waals surface area contributed by atoms with Crippen LogP contribution in [0, 0.1) is 12.8 Å². The van der Waals surface area contributed by atoms with Crippen LogP contribution in [0.1, 0.15) is 37.9 Å². The van der Waals surface area contributed by atoms with Crippen LogP contribution in [0.4, 0.5) is 0 Å². The van der Waals surface area contributed by atoms with Gasteiger partial charge in [0.1, 0.15) is 11.5 Å². The van der Waals surface area contributed by atoms with Gasteiger partial charge < -0.3 is 14.5 Å². The molecule has 0 saturated carbocycles. The minimum Gasteiger partial charge on any atom is -0.463 e. The van der Waals surface area contributed by atoms with E-state index in [4.69, 9.17) is 9.15 Å². The Morgan fingerprint density at radius 1 is 1.40 bits per heavy atom. The third-order valence-corrected chi connectivity index (χ3v) is 3.35. The molecule has 4 nitrogen and oxygen atoms in total. The minimum absolute atomic E-state index is 0.661. The van der Waals surface area contributed by atoms with Crippen molar-refractivity contribution in [3.63, 3.8) is 0 Å². The van der Waals surface area contributed by atoms with Crippen molar-refractivity contribution in [1.82, 2.24) is 10.2 Å². The predicted octanol–water partition coefficient (Wildman–Crippen LogP) is 2.80. The summed E-state index contributed by atoms with van der Waals surface area (Å²) < 4.78 is 11.1. The minimum atomic E-state index is 0.661. The highest BCUT2D eigenvalue weighted by molar-refractivity contribution is 5.20. The fourth-order valence-electron chi connectivity index (χ4n) is 2.11. The third kappa shape index (κ3) is 6.07. The molecule has 0 bridgehead atoms. The van der Waals surface area contributed by atoms with Crippen LogP contribution in [0.2, 0.25) is 0 Å². The Morgan fingerprint density at radius 2 is 2.15 bits per heavy atom. The molecule has 1 rings (SSSR count). The number of methoxy groups -OCH3 is 1. The zero-order chi connectivity index (χ0) is 15.0. The molecule has 0 amide bonds. The van der Waals surface area contributed by atoms with Gasteiger partial charge in [-0.15, -0.1) is 0 Å². The molecule has 0 unspecified atom stereocenters. The number of nitrogens with one attached hydrogen (secondary N) is 1. The van der Waals surface area contributed by atoms with Gasteiger partial charge >= 0.3 is 0 Å². The maximum Gasteiger partial charge on any atom is 0.120 e. The number of rotatable bonds is 10. The summed E-state index contributed by atoms with van der Waals surface area (Å²) in [6, 6.07) is 2.15. The zero-order valence-electron chi connectivity index (χ0n) is 13.7. The Morgan fingerprint density at radius 3 is 2.75 bits per heavy atom.